The van der Waals surface area contributed by atoms with E-state index in [2.05, 4.69) is 16.0 Å². The fourth-order valence-corrected chi connectivity index (χ4v) is 2.15. The summed E-state index contributed by atoms with van der Waals surface area (Å²) in [4.78, 5) is 23.4. The maximum Gasteiger partial charge on any atom is 0.251 e. The molecule has 3 N–H and O–H groups in total. The van der Waals surface area contributed by atoms with Crippen molar-refractivity contribution in [3.63, 3.8) is 0 Å². The highest BCUT2D eigenvalue weighted by atomic mass is 16.2. The fourth-order valence-electron chi connectivity index (χ4n) is 2.15. The van der Waals surface area contributed by atoms with Crippen molar-refractivity contribution in [2.24, 2.45) is 0 Å². The second-order valence-electron chi connectivity index (χ2n) is 4.65. The van der Waals surface area contributed by atoms with Crippen LogP contribution >= 0.6 is 0 Å². The van der Waals surface area contributed by atoms with Gasteiger partial charge in [0.1, 0.15) is 0 Å². The number of benzene rings is 1. The average molecular weight is 261 g/mol. The Balaban J connectivity index is 1.95. The summed E-state index contributed by atoms with van der Waals surface area (Å²) in [6.45, 7) is 0.897. The molecule has 1 atom stereocenters. The summed E-state index contributed by atoms with van der Waals surface area (Å²) in [5, 5.41) is 8.62. The average Bonchev–Trinajstić information content (AvgIpc) is 2.48. The van der Waals surface area contributed by atoms with Crippen molar-refractivity contribution < 1.29 is 9.59 Å². The van der Waals surface area contributed by atoms with Crippen LogP contribution in [-0.2, 0) is 4.79 Å². The summed E-state index contributed by atoms with van der Waals surface area (Å²) in [6.07, 6.45) is 3.09. The summed E-state index contributed by atoms with van der Waals surface area (Å²) in [6, 6.07) is 6.77. The Hall–Kier alpha value is -1.88. The Kier molecular flexibility index (Phi) is 4.52. The molecule has 0 radical (unpaired) electrons. The molecule has 1 fully saturated rings. The maximum absolute atomic E-state index is 12.0. The molecule has 1 aliphatic rings. The van der Waals surface area contributed by atoms with Crippen molar-refractivity contribution in [3.8, 4) is 0 Å². The minimum Gasteiger partial charge on any atom is -0.355 e. The molecule has 0 aliphatic carbocycles. The van der Waals surface area contributed by atoms with Gasteiger partial charge in [-0.2, -0.15) is 0 Å². The highest BCUT2D eigenvalue weighted by Gasteiger charge is 2.20. The van der Waals surface area contributed by atoms with Crippen LogP contribution in [0.5, 0.6) is 0 Å². The lowest BCUT2D eigenvalue weighted by atomic mass is 10.0. The Morgan fingerprint density at radius 1 is 1.21 bits per heavy atom. The van der Waals surface area contributed by atoms with E-state index in [0.717, 1.165) is 25.8 Å². The lowest BCUT2D eigenvalue weighted by Gasteiger charge is -2.22. The van der Waals surface area contributed by atoms with Crippen LogP contribution in [0.25, 0.3) is 0 Å². The third-order valence-corrected chi connectivity index (χ3v) is 3.27. The minimum absolute atomic E-state index is 0.00704. The first kappa shape index (κ1) is 13.5. The Morgan fingerprint density at radius 2 is 1.95 bits per heavy atom. The van der Waals surface area contributed by atoms with Crippen molar-refractivity contribution in [2.45, 2.75) is 25.3 Å². The Labute approximate surface area is 112 Å². The van der Waals surface area contributed by atoms with Crippen molar-refractivity contribution in [1.82, 2.24) is 10.6 Å². The first-order valence-corrected chi connectivity index (χ1v) is 6.57. The molecule has 2 rings (SSSR count). The SMILES string of the molecule is CNC(=O)c1ccc(NC(=O)[C@@H]2CCCCN2)cc1. The van der Waals surface area contributed by atoms with E-state index in [1.165, 1.54) is 0 Å². The molecule has 1 heterocycles. The van der Waals surface area contributed by atoms with E-state index in [9.17, 15) is 9.59 Å². The van der Waals surface area contributed by atoms with Crippen LogP contribution in [0.3, 0.4) is 0 Å². The molecule has 1 aromatic carbocycles. The molecule has 1 aromatic rings. The lowest BCUT2D eigenvalue weighted by molar-refractivity contribution is -0.118. The van der Waals surface area contributed by atoms with E-state index < -0.39 is 0 Å². The van der Waals surface area contributed by atoms with Gasteiger partial charge in [0, 0.05) is 18.3 Å². The summed E-state index contributed by atoms with van der Waals surface area (Å²) in [5.74, 6) is -0.140. The highest BCUT2D eigenvalue weighted by Crippen LogP contribution is 2.12. The second-order valence-corrected chi connectivity index (χ2v) is 4.65. The largest absolute Gasteiger partial charge is 0.355 e. The third kappa shape index (κ3) is 3.54. The van der Waals surface area contributed by atoms with Gasteiger partial charge in [0.2, 0.25) is 5.91 Å². The van der Waals surface area contributed by atoms with Crippen LogP contribution in [-0.4, -0.2) is 31.4 Å². The van der Waals surface area contributed by atoms with Gasteiger partial charge in [-0.3, -0.25) is 9.59 Å². The van der Waals surface area contributed by atoms with Gasteiger partial charge < -0.3 is 16.0 Å². The number of nitrogens with one attached hydrogen (secondary N) is 3. The molecule has 2 amide bonds. The van der Waals surface area contributed by atoms with Crippen LogP contribution < -0.4 is 16.0 Å². The summed E-state index contributed by atoms with van der Waals surface area (Å²) < 4.78 is 0. The molecule has 0 saturated carbocycles. The molecule has 5 heteroatoms. The Bertz CT molecular complexity index is 450. The van der Waals surface area contributed by atoms with Gasteiger partial charge in [-0.15, -0.1) is 0 Å². The van der Waals surface area contributed by atoms with Crippen molar-refractivity contribution in [3.05, 3.63) is 29.8 Å². The van der Waals surface area contributed by atoms with Gasteiger partial charge >= 0.3 is 0 Å². The van der Waals surface area contributed by atoms with E-state index in [1.54, 1.807) is 31.3 Å². The number of hydrogen-bond donors (Lipinski definition) is 3. The molecular weight excluding hydrogens is 242 g/mol. The molecule has 0 bridgehead atoms. The zero-order valence-corrected chi connectivity index (χ0v) is 11.0. The van der Waals surface area contributed by atoms with Crippen molar-refractivity contribution in [1.29, 1.82) is 0 Å². The van der Waals surface area contributed by atoms with Crippen molar-refractivity contribution >= 4 is 17.5 Å². The van der Waals surface area contributed by atoms with Gasteiger partial charge in [-0.1, -0.05) is 6.42 Å². The van der Waals surface area contributed by atoms with Crippen molar-refractivity contribution in [2.75, 3.05) is 18.9 Å². The minimum atomic E-state index is -0.133. The number of hydrogen-bond acceptors (Lipinski definition) is 3. The second kappa shape index (κ2) is 6.33. The van der Waals surface area contributed by atoms with E-state index >= 15 is 0 Å². The standard InChI is InChI=1S/C14H19N3O2/c1-15-13(18)10-5-7-11(8-6-10)17-14(19)12-4-2-3-9-16-12/h5-8,12,16H,2-4,9H2,1H3,(H,15,18)(H,17,19)/t12-/m0/s1. The number of carbonyl (C=O) groups excluding carboxylic acids is 2. The molecule has 19 heavy (non-hydrogen) atoms. The number of anilines is 1. The molecule has 1 saturated heterocycles. The van der Waals surface area contributed by atoms with Gasteiger partial charge in [0.25, 0.3) is 5.91 Å². The number of piperidine rings is 1. The smallest absolute Gasteiger partial charge is 0.251 e. The molecule has 0 aromatic heterocycles. The zero-order valence-electron chi connectivity index (χ0n) is 11.0. The van der Waals surface area contributed by atoms with Crippen LogP contribution in [0.2, 0.25) is 0 Å². The van der Waals surface area contributed by atoms with Crippen LogP contribution in [0, 0.1) is 0 Å². The van der Waals surface area contributed by atoms with E-state index in [0.29, 0.717) is 11.3 Å². The lowest BCUT2D eigenvalue weighted by Crippen LogP contribution is -2.43. The van der Waals surface area contributed by atoms with E-state index in [4.69, 9.17) is 0 Å². The maximum atomic E-state index is 12.0. The third-order valence-electron chi connectivity index (χ3n) is 3.27. The first-order valence-electron chi connectivity index (χ1n) is 6.57. The molecule has 102 valence electrons. The Morgan fingerprint density at radius 3 is 2.53 bits per heavy atom. The quantitative estimate of drug-likeness (QED) is 0.764. The van der Waals surface area contributed by atoms with Gasteiger partial charge in [-0.05, 0) is 43.7 Å². The molecule has 1 aliphatic heterocycles. The highest BCUT2D eigenvalue weighted by molar-refractivity contribution is 5.97. The van der Waals surface area contributed by atoms with Gasteiger partial charge in [0.15, 0.2) is 0 Å². The first-order chi connectivity index (χ1) is 9.20. The molecular formula is C14H19N3O2. The monoisotopic (exact) mass is 261 g/mol. The topological polar surface area (TPSA) is 70.2 Å². The van der Waals surface area contributed by atoms with E-state index in [1.807, 2.05) is 0 Å². The predicted octanol–water partition coefficient (Wildman–Crippen LogP) is 1.13. The number of amides is 2. The van der Waals surface area contributed by atoms with Gasteiger partial charge in [-0.25, -0.2) is 0 Å². The summed E-state index contributed by atoms with van der Waals surface area (Å²) >= 11 is 0. The van der Waals surface area contributed by atoms with Crippen LogP contribution in [0.4, 0.5) is 5.69 Å². The van der Waals surface area contributed by atoms with Crippen LogP contribution in [0.15, 0.2) is 24.3 Å². The number of rotatable bonds is 3. The summed E-state index contributed by atoms with van der Waals surface area (Å²) in [7, 11) is 1.59. The summed E-state index contributed by atoms with van der Waals surface area (Å²) in [5.41, 5.74) is 1.29. The zero-order chi connectivity index (χ0) is 13.7. The molecule has 0 spiro atoms. The van der Waals surface area contributed by atoms with Crippen LogP contribution in [0.1, 0.15) is 29.6 Å². The van der Waals surface area contributed by atoms with E-state index in [-0.39, 0.29) is 17.9 Å². The van der Waals surface area contributed by atoms with Gasteiger partial charge in [0.05, 0.1) is 6.04 Å². The molecule has 5 nitrogen and oxygen atoms in total. The number of carbonyl (C=O) groups is 2. The fraction of sp³-hybridized carbons (Fsp3) is 0.429. The normalized spacial score (nSPS) is 18.7. The molecule has 0 unspecified atom stereocenters. The predicted molar refractivity (Wildman–Crippen MR) is 74.1 cm³/mol.